The van der Waals surface area contributed by atoms with Crippen molar-refractivity contribution < 1.29 is 14.3 Å². The zero-order valence-electron chi connectivity index (χ0n) is 24.6. The summed E-state index contributed by atoms with van der Waals surface area (Å²) < 4.78 is 4.96. The standard InChI is InChI=1S/C34H36N4O3/c1-8-20-16(3)24-13-26-18(5)22(10-11-31(40)41-7)33(37-26)23-12-30(39)32-19(6)27(38-34(23)32)15-29-21(9-2)17(4)25(36-29)14-28(20)35-24/h8,13-15,18,22,35,38H,1,9-12H2,2-7H3/t18-,22-/m0/s1. The Morgan fingerprint density at radius 1 is 1.07 bits per heavy atom. The molecular weight excluding hydrogens is 512 g/mol. The van der Waals surface area contributed by atoms with Crippen molar-refractivity contribution in [2.75, 3.05) is 7.11 Å². The quantitative estimate of drug-likeness (QED) is 0.322. The Balaban J connectivity index is 1.74. The van der Waals surface area contributed by atoms with Gasteiger partial charge in [-0.15, -0.1) is 0 Å². The van der Waals surface area contributed by atoms with Crippen molar-refractivity contribution >= 4 is 51.0 Å². The van der Waals surface area contributed by atoms with Crippen LogP contribution in [0, 0.1) is 13.8 Å². The molecule has 0 saturated heterocycles. The van der Waals surface area contributed by atoms with Crippen LogP contribution in [0.25, 0.3) is 39.3 Å². The molecule has 7 nitrogen and oxygen atoms in total. The fourth-order valence-corrected chi connectivity index (χ4v) is 6.80. The van der Waals surface area contributed by atoms with Crippen molar-refractivity contribution in [3.63, 3.8) is 0 Å². The summed E-state index contributed by atoms with van der Waals surface area (Å²) in [7, 11) is 1.42. The van der Waals surface area contributed by atoms with E-state index in [-0.39, 0.29) is 23.6 Å². The smallest absolute Gasteiger partial charge is 0.305 e. The zero-order valence-corrected chi connectivity index (χ0v) is 24.6. The highest BCUT2D eigenvalue weighted by atomic mass is 16.5. The molecule has 0 amide bonds. The van der Waals surface area contributed by atoms with Gasteiger partial charge in [-0.1, -0.05) is 26.5 Å². The fraction of sp³-hybridized carbons (Fsp3) is 0.353. The third kappa shape index (κ3) is 4.17. The number of carbonyl (C=O) groups is 2. The van der Waals surface area contributed by atoms with Crippen molar-refractivity contribution in [3.05, 3.63) is 75.4 Å². The molecule has 3 aromatic rings. The van der Waals surface area contributed by atoms with Crippen LogP contribution >= 0.6 is 0 Å². The molecule has 41 heavy (non-hydrogen) atoms. The monoisotopic (exact) mass is 548 g/mol. The number of Topliss-reactive ketones (excluding diaryl/α,β-unsaturated/α-hetero) is 1. The lowest BCUT2D eigenvalue weighted by Crippen LogP contribution is -2.09. The van der Waals surface area contributed by atoms with Crippen LogP contribution < -0.4 is 0 Å². The van der Waals surface area contributed by atoms with Gasteiger partial charge in [0.2, 0.25) is 0 Å². The summed E-state index contributed by atoms with van der Waals surface area (Å²) in [6, 6.07) is 6.29. The van der Waals surface area contributed by atoms with Crippen LogP contribution in [0.1, 0.15) is 107 Å². The summed E-state index contributed by atoms with van der Waals surface area (Å²) in [5.74, 6) is -0.114. The number of H-pyrrole nitrogens is 2. The number of fused-ring (bicyclic) bond motifs is 8. The molecule has 8 bridgehead atoms. The summed E-state index contributed by atoms with van der Waals surface area (Å²) in [6.07, 6.45) is 3.92. The van der Waals surface area contributed by atoms with Gasteiger partial charge >= 0.3 is 5.97 Å². The van der Waals surface area contributed by atoms with Gasteiger partial charge in [-0.05, 0) is 74.1 Å². The molecule has 2 aliphatic heterocycles. The maximum atomic E-state index is 13.4. The molecule has 5 heterocycles. The molecule has 2 atom stereocenters. The van der Waals surface area contributed by atoms with Crippen molar-refractivity contribution in [1.82, 2.24) is 19.9 Å². The van der Waals surface area contributed by atoms with E-state index in [2.05, 4.69) is 62.4 Å². The fourth-order valence-electron chi connectivity index (χ4n) is 6.80. The summed E-state index contributed by atoms with van der Waals surface area (Å²) in [5, 5.41) is 0. The predicted molar refractivity (Wildman–Crippen MR) is 164 cm³/mol. The molecule has 7 heteroatoms. The predicted octanol–water partition coefficient (Wildman–Crippen LogP) is 7.49. The molecule has 210 valence electrons. The zero-order chi connectivity index (χ0) is 29.2. The minimum atomic E-state index is -0.243. The van der Waals surface area contributed by atoms with Crippen LogP contribution in [-0.4, -0.2) is 38.8 Å². The van der Waals surface area contributed by atoms with Crippen LogP contribution in [-0.2, 0) is 16.0 Å². The molecule has 0 spiro atoms. The highest BCUT2D eigenvalue weighted by molar-refractivity contribution is 6.13. The number of hydrogen-bond donors (Lipinski definition) is 2. The number of ketones is 1. The molecule has 1 aliphatic carbocycles. The van der Waals surface area contributed by atoms with Crippen LogP contribution in [0.3, 0.4) is 0 Å². The Labute approximate surface area is 239 Å². The highest BCUT2D eigenvalue weighted by Gasteiger charge is 2.36. The van der Waals surface area contributed by atoms with E-state index < -0.39 is 0 Å². The second kappa shape index (κ2) is 9.98. The van der Waals surface area contributed by atoms with E-state index in [1.807, 2.05) is 13.0 Å². The van der Waals surface area contributed by atoms with E-state index in [0.29, 0.717) is 19.3 Å². The Hall–Kier alpha value is -4.26. The topological polar surface area (TPSA) is 101 Å². The summed E-state index contributed by atoms with van der Waals surface area (Å²) in [6.45, 7) is 14.6. The Kier molecular flexibility index (Phi) is 6.56. The Morgan fingerprint density at radius 3 is 2.51 bits per heavy atom. The van der Waals surface area contributed by atoms with E-state index in [4.69, 9.17) is 14.7 Å². The average molecular weight is 549 g/mol. The highest BCUT2D eigenvalue weighted by Crippen LogP contribution is 2.44. The van der Waals surface area contributed by atoms with Gasteiger partial charge in [0.15, 0.2) is 5.78 Å². The van der Waals surface area contributed by atoms with E-state index in [9.17, 15) is 9.59 Å². The number of aromatic nitrogens is 4. The van der Waals surface area contributed by atoms with Gasteiger partial charge in [0.05, 0.1) is 29.7 Å². The normalized spacial score (nSPS) is 17.9. The first kappa shape index (κ1) is 26.9. The summed E-state index contributed by atoms with van der Waals surface area (Å²) in [5.41, 5.74) is 14.4. The van der Waals surface area contributed by atoms with Crippen LogP contribution in [0.2, 0.25) is 0 Å². The summed E-state index contributed by atoms with van der Waals surface area (Å²) in [4.78, 5) is 43.0. The molecule has 2 N–H and O–H groups in total. The molecule has 0 radical (unpaired) electrons. The lowest BCUT2D eigenvalue weighted by molar-refractivity contribution is -0.140. The Bertz CT molecular complexity index is 1850. The molecule has 3 aromatic heterocycles. The number of allylic oxidation sites excluding steroid dienone is 2. The first-order valence-corrected chi connectivity index (χ1v) is 14.4. The van der Waals surface area contributed by atoms with Gasteiger partial charge in [-0.2, -0.15) is 0 Å². The van der Waals surface area contributed by atoms with Crippen molar-refractivity contribution in [1.29, 1.82) is 0 Å². The number of nitrogens with one attached hydrogen (secondary N) is 2. The number of hydrogen-bond acceptors (Lipinski definition) is 5. The minimum absolute atomic E-state index is 0.0192. The minimum Gasteiger partial charge on any atom is -0.469 e. The average Bonchev–Trinajstić information content (AvgIpc) is 3.70. The van der Waals surface area contributed by atoms with Gasteiger partial charge in [0.25, 0.3) is 0 Å². The van der Waals surface area contributed by atoms with Gasteiger partial charge < -0.3 is 14.7 Å². The molecule has 0 aromatic carbocycles. The number of rotatable bonds is 5. The number of aromatic amines is 2. The second-order valence-electron chi connectivity index (χ2n) is 11.4. The molecular formula is C34H36N4O3. The maximum Gasteiger partial charge on any atom is 0.305 e. The number of nitrogens with zero attached hydrogens (tertiary/aromatic N) is 2. The van der Waals surface area contributed by atoms with Crippen molar-refractivity contribution in [2.24, 2.45) is 0 Å². The first-order valence-electron chi connectivity index (χ1n) is 14.4. The molecule has 0 unspecified atom stereocenters. The number of aryl methyl sites for hydroxylation is 2. The maximum absolute atomic E-state index is 13.4. The molecule has 0 saturated carbocycles. The molecule has 0 fully saturated rings. The summed E-state index contributed by atoms with van der Waals surface area (Å²) >= 11 is 0. The van der Waals surface area contributed by atoms with E-state index in [0.717, 1.165) is 84.7 Å². The van der Waals surface area contributed by atoms with Gasteiger partial charge in [0.1, 0.15) is 0 Å². The lowest BCUT2D eigenvalue weighted by Gasteiger charge is -2.16. The van der Waals surface area contributed by atoms with Gasteiger partial charge in [-0.25, -0.2) is 4.98 Å². The second-order valence-corrected chi connectivity index (χ2v) is 11.4. The number of ether oxygens (including phenoxy) is 1. The number of carbonyl (C=O) groups excluding carboxylic acids is 2. The SMILES string of the molecule is C=Cc1c(C)c2cc3nc(c4c5[nH]c(cc6nc(cc1[nH]2)C(C)=C6CC)c(C)c5C(=O)C4)[C@@H](CCC(=O)OC)[C@@H]3C. The Morgan fingerprint density at radius 2 is 1.80 bits per heavy atom. The molecule has 6 rings (SSSR count). The molecule has 3 aliphatic rings. The largest absolute Gasteiger partial charge is 0.469 e. The van der Waals surface area contributed by atoms with Crippen molar-refractivity contribution in [3.8, 4) is 0 Å². The van der Waals surface area contributed by atoms with Crippen molar-refractivity contribution in [2.45, 2.75) is 72.1 Å². The van der Waals surface area contributed by atoms with E-state index in [1.165, 1.54) is 12.7 Å². The van der Waals surface area contributed by atoms with Crippen LogP contribution in [0.5, 0.6) is 0 Å². The van der Waals surface area contributed by atoms with E-state index >= 15 is 0 Å². The first-order chi connectivity index (χ1) is 19.7. The number of esters is 1. The van der Waals surface area contributed by atoms with Crippen LogP contribution in [0.15, 0.2) is 24.8 Å². The van der Waals surface area contributed by atoms with Gasteiger partial charge in [0, 0.05) is 63.6 Å². The van der Waals surface area contributed by atoms with E-state index in [1.54, 1.807) is 0 Å². The third-order valence-electron chi connectivity index (χ3n) is 9.24. The van der Waals surface area contributed by atoms with Crippen LogP contribution in [0.4, 0.5) is 0 Å². The third-order valence-corrected chi connectivity index (χ3v) is 9.24. The lowest BCUT2D eigenvalue weighted by atomic mass is 9.85. The number of methoxy groups -OCH3 is 1. The van der Waals surface area contributed by atoms with Gasteiger partial charge in [-0.3, -0.25) is 14.6 Å².